The Labute approximate surface area is 332 Å². The molecule has 258 valence electrons. The van der Waals surface area contributed by atoms with Crippen LogP contribution in [0.4, 0.5) is 0 Å². The number of benzene rings is 8. The van der Waals surface area contributed by atoms with Gasteiger partial charge in [0, 0.05) is 36.9 Å². The fourth-order valence-corrected chi connectivity index (χ4v) is 7.89. The quantitative estimate of drug-likeness (QED) is 0.164. The zero-order valence-corrected chi connectivity index (χ0v) is 30.2. The topological polar surface area (TPSA) is 38.7 Å². The van der Waals surface area contributed by atoms with E-state index < -0.39 is 0 Å². The number of rotatable bonds is 7. The molecule has 0 N–H and O–H groups in total. The van der Waals surface area contributed by atoms with Gasteiger partial charge in [0.1, 0.15) is 0 Å². The third-order valence-corrected chi connectivity index (χ3v) is 10.7. The van der Waals surface area contributed by atoms with Crippen LogP contribution in [0.25, 0.3) is 98.8 Å². The Hall–Kier alpha value is -7.01. The summed E-state index contributed by atoms with van der Waals surface area (Å²) in [4.78, 5) is 14.7. The van der Waals surface area contributed by atoms with E-state index in [4.69, 9.17) is 19.1 Å². The molecule has 10 aromatic rings. The summed E-state index contributed by atoms with van der Waals surface area (Å²) in [6.07, 6.45) is 0. The molecular weight excluding hydrogens is 687 g/mol. The second kappa shape index (κ2) is 14.1. The van der Waals surface area contributed by atoms with Crippen LogP contribution in [0.1, 0.15) is 8.22 Å². The zero-order chi connectivity index (χ0) is 41.8. The van der Waals surface area contributed by atoms with Gasteiger partial charge in [0.25, 0.3) is 0 Å². The standard InChI is InChI=1S/C51H33N3S/c1-4-11-34(12-5-1)37-19-25-40(26-20-37)44-17-10-18-46-48(44)45-32-31-43(33-47(45)55-46)51-53-49(41-27-21-38(22-28-41)35-13-6-2-7-14-35)52-50(54-51)42-29-23-39(24-30-42)36-15-8-3-9-16-36/h1-33H/i10D,17D,18D,31D,32D,33D. The second-order valence-electron chi connectivity index (χ2n) is 13.1. The van der Waals surface area contributed by atoms with Gasteiger partial charge in [-0.15, -0.1) is 11.3 Å². The van der Waals surface area contributed by atoms with E-state index in [1.54, 1.807) is 0 Å². The van der Waals surface area contributed by atoms with E-state index in [9.17, 15) is 4.11 Å². The Kier molecular flexibility index (Phi) is 6.84. The molecule has 3 nitrogen and oxygen atoms in total. The summed E-state index contributed by atoms with van der Waals surface area (Å²) in [5, 5.41) is 0.719. The first-order valence-electron chi connectivity index (χ1n) is 20.9. The SMILES string of the molecule is [2H]c1c([2H])c(-c2ccc(-c3ccccc3)cc2)c2c(sc3c([2H])c(-c4nc(-c5ccc(-c6ccccc6)cc5)nc(-c5ccc(-c6ccccc6)cc5)n4)c([2H])c([2H])c32)c1[2H]. The molecule has 4 heteroatoms. The van der Waals surface area contributed by atoms with Gasteiger partial charge in [-0.1, -0.05) is 188 Å². The van der Waals surface area contributed by atoms with E-state index in [1.807, 2.05) is 164 Å². The summed E-state index contributed by atoms with van der Waals surface area (Å²) in [7, 11) is 0. The molecule has 0 spiro atoms. The zero-order valence-electron chi connectivity index (χ0n) is 35.3. The van der Waals surface area contributed by atoms with Crippen molar-refractivity contribution in [2.45, 2.75) is 0 Å². The summed E-state index contributed by atoms with van der Waals surface area (Å²) in [6, 6.07) is 52.5. The third-order valence-electron chi connectivity index (χ3n) is 9.71. The second-order valence-corrected chi connectivity index (χ2v) is 14.2. The van der Waals surface area contributed by atoms with Gasteiger partial charge < -0.3 is 0 Å². The summed E-state index contributed by atoms with van der Waals surface area (Å²) in [5.41, 5.74) is 8.73. The van der Waals surface area contributed by atoms with Gasteiger partial charge >= 0.3 is 0 Å². The number of aromatic nitrogens is 3. The van der Waals surface area contributed by atoms with Crippen LogP contribution in [0.2, 0.25) is 0 Å². The van der Waals surface area contributed by atoms with Crippen LogP contribution in [0.15, 0.2) is 200 Å². The predicted octanol–water partition coefficient (Wildman–Crippen LogP) is 13.9. The molecule has 0 radical (unpaired) electrons. The number of fused-ring (bicyclic) bond motifs is 3. The lowest BCUT2D eigenvalue weighted by Crippen LogP contribution is -2.00. The first-order valence-corrected chi connectivity index (χ1v) is 18.8. The molecule has 0 fully saturated rings. The van der Waals surface area contributed by atoms with Crippen LogP contribution >= 0.6 is 11.3 Å². The molecule has 55 heavy (non-hydrogen) atoms. The lowest BCUT2D eigenvalue weighted by atomic mass is 9.97. The predicted molar refractivity (Wildman–Crippen MR) is 231 cm³/mol. The van der Waals surface area contributed by atoms with E-state index in [2.05, 4.69) is 0 Å². The highest BCUT2D eigenvalue weighted by Crippen LogP contribution is 2.42. The summed E-state index contributed by atoms with van der Waals surface area (Å²) >= 11 is 1.13. The maximum atomic E-state index is 9.67. The molecule has 2 heterocycles. The fourth-order valence-electron chi connectivity index (χ4n) is 6.87. The fraction of sp³-hybridized carbons (Fsp3) is 0. The largest absolute Gasteiger partial charge is 0.208 e. The molecule has 0 unspecified atom stereocenters. The molecule has 2 aromatic heterocycles. The number of hydrogen-bond donors (Lipinski definition) is 0. The molecule has 0 saturated carbocycles. The van der Waals surface area contributed by atoms with Crippen LogP contribution in [-0.4, -0.2) is 15.0 Å². The molecular formula is C51H33N3S. The molecule has 0 amide bonds. The highest BCUT2D eigenvalue weighted by molar-refractivity contribution is 7.26. The van der Waals surface area contributed by atoms with Crippen molar-refractivity contribution in [3.05, 3.63) is 200 Å². The van der Waals surface area contributed by atoms with E-state index in [1.165, 1.54) is 0 Å². The summed E-state index contributed by atoms with van der Waals surface area (Å²) in [6.45, 7) is 0. The van der Waals surface area contributed by atoms with Gasteiger partial charge in [0.05, 0.1) is 8.22 Å². The van der Waals surface area contributed by atoms with Crippen LogP contribution in [0, 0.1) is 0 Å². The average Bonchev–Trinajstić information content (AvgIpc) is 3.72. The van der Waals surface area contributed by atoms with Crippen LogP contribution in [-0.2, 0) is 0 Å². The van der Waals surface area contributed by atoms with E-state index in [-0.39, 0.29) is 47.6 Å². The van der Waals surface area contributed by atoms with Crippen molar-refractivity contribution in [3.8, 4) is 78.7 Å². The molecule has 0 bridgehead atoms. The smallest absolute Gasteiger partial charge is 0.164 e. The van der Waals surface area contributed by atoms with Crippen LogP contribution in [0.3, 0.4) is 0 Å². The lowest BCUT2D eigenvalue weighted by molar-refractivity contribution is 1.07. The molecule has 0 aliphatic heterocycles. The van der Waals surface area contributed by atoms with Gasteiger partial charge in [0.15, 0.2) is 17.5 Å². The molecule has 8 aromatic carbocycles. The highest BCUT2D eigenvalue weighted by Gasteiger charge is 2.16. The van der Waals surface area contributed by atoms with Crippen molar-refractivity contribution in [2.24, 2.45) is 0 Å². The first-order chi connectivity index (χ1) is 29.7. The molecule has 0 saturated heterocycles. The molecule has 0 atom stereocenters. The van der Waals surface area contributed by atoms with Crippen molar-refractivity contribution < 1.29 is 8.22 Å². The maximum Gasteiger partial charge on any atom is 0.164 e. The van der Waals surface area contributed by atoms with Crippen molar-refractivity contribution >= 4 is 31.5 Å². The summed E-state index contributed by atoms with van der Waals surface area (Å²) < 4.78 is 56.3. The van der Waals surface area contributed by atoms with Crippen molar-refractivity contribution in [1.82, 2.24) is 15.0 Å². The third kappa shape index (κ3) is 6.39. The molecule has 0 aliphatic carbocycles. The molecule has 10 rings (SSSR count). The summed E-state index contributed by atoms with van der Waals surface area (Å²) in [5.74, 6) is 0.772. The minimum absolute atomic E-state index is 0.0632. The van der Waals surface area contributed by atoms with Gasteiger partial charge in [-0.3, -0.25) is 0 Å². The van der Waals surface area contributed by atoms with Crippen molar-refractivity contribution in [2.75, 3.05) is 0 Å². The first kappa shape index (κ1) is 26.7. The Morgan fingerprint density at radius 3 is 1.22 bits per heavy atom. The maximum absolute atomic E-state index is 9.67. The normalized spacial score (nSPS) is 12.8. The van der Waals surface area contributed by atoms with Crippen LogP contribution < -0.4 is 0 Å². The average molecular weight is 726 g/mol. The van der Waals surface area contributed by atoms with Gasteiger partial charge in [-0.25, -0.2) is 15.0 Å². The minimum atomic E-state index is -0.252. The van der Waals surface area contributed by atoms with Crippen LogP contribution in [0.5, 0.6) is 0 Å². The number of hydrogen-bond acceptors (Lipinski definition) is 4. The number of nitrogens with zero attached hydrogens (tertiary/aromatic N) is 3. The van der Waals surface area contributed by atoms with Crippen molar-refractivity contribution in [3.63, 3.8) is 0 Å². The molecule has 0 aliphatic rings. The number of thiophene rings is 1. The monoisotopic (exact) mass is 725 g/mol. The Bertz CT molecular complexity index is 3170. The highest BCUT2D eigenvalue weighted by atomic mass is 32.1. The lowest BCUT2D eigenvalue weighted by Gasteiger charge is -2.10. The van der Waals surface area contributed by atoms with E-state index >= 15 is 0 Å². The van der Waals surface area contributed by atoms with Crippen molar-refractivity contribution in [1.29, 1.82) is 0 Å². The minimum Gasteiger partial charge on any atom is -0.208 e. The van der Waals surface area contributed by atoms with Gasteiger partial charge in [0.2, 0.25) is 0 Å². The van der Waals surface area contributed by atoms with E-state index in [0.29, 0.717) is 54.1 Å². The Balaban J connectivity index is 1.16. The Morgan fingerprint density at radius 1 is 0.345 bits per heavy atom. The Morgan fingerprint density at radius 2 is 0.745 bits per heavy atom. The van der Waals surface area contributed by atoms with Gasteiger partial charge in [-0.05, 0) is 56.6 Å². The van der Waals surface area contributed by atoms with E-state index in [0.717, 1.165) is 44.7 Å². The van der Waals surface area contributed by atoms with Gasteiger partial charge in [-0.2, -0.15) is 0 Å².